The molecule has 0 aromatic heterocycles. The van der Waals surface area contributed by atoms with Gasteiger partial charge in [-0.3, -0.25) is 9.69 Å². The number of imide groups is 1. The maximum Gasteiger partial charge on any atom is 0.328 e. The van der Waals surface area contributed by atoms with Crippen LogP contribution in [0.5, 0.6) is 0 Å². The average molecular weight is 176 g/mol. The molecule has 1 fully saturated rings. The van der Waals surface area contributed by atoms with Gasteiger partial charge in [-0.15, -0.1) is 12.8 Å². The van der Waals surface area contributed by atoms with Crippen molar-refractivity contribution in [3.05, 3.63) is 0 Å². The predicted octanol–water partition coefficient (Wildman–Crippen LogP) is -0.483. The van der Waals surface area contributed by atoms with Gasteiger partial charge in [-0.1, -0.05) is 11.8 Å². The first-order valence-corrected chi connectivity index (χ1v) is 3.67. The summed E-state index contributed by atoms with van der Waals surface area (Å²) in [6, 6.07) is -0.402. The maximum atomic E-state index is 11.3. The van der Waals surface area contributed by atoms with Gasteiger partial charge < -0.3 is 4.90 Å². The summed E-state index contributed by atoms with van der Waals surface area (Å²) in [4.78, 5) is 24.8. The van der Waals surface area contributed by atoms with Crippen LogP contribution in [0.3, 0.4) is 0 Å². The summed E-state index contributed by atoms with van der Waals surface area (Å²) < 4.78 is 0. The number of urea groups is 1. The summed E-state index contributed by atoms with van der Waals surface area (Å²) >= 11 is 0. The molecule has 0 bridgehead atoms. The minimum Gasteiger partial charge on any atom is -0.304 e. The molecule has 0 atom stereocenters. The third-order valence-electron chi connectivity index (χ3n) is 1.66. The van der Waals surface area contributed by atoms with Crippen LogP contribution >= 0.6 is 0 Å². The molecule has 0 spiro atoms. The molecule has 4 heteroatoms. The number of rotatable bonds is 2. The van der Waals surface area contributed by atoms with Gasteiger partial charge in [-0.2, -0.15) is 0 Å². The first kappa shape index (κ1) is 9.15. The summed E-state index contributed by atoms with van der Waals surface area (Å²) in [7, 11) is 0. The minimum atomic E-state index is -0.402. The Kier molecular flexibility index (Phi) is 2.56. The molecule has 0 aliphatic carbocycles. The van der Waals surface area contributed by atoms with Crippen molar-refractivity contribution in [2.75, 3.05) is 19.6 Å². The fourth-order valence-electron chi connectivity index (χ4n) is 1.07. The average Bonchev–Trinajstić information content (AvgIpc) is 2.34. The van der Waals surface area contributed by atoms with Crippen LogP contribution in [0.2, 0.25) is 0 Å². The molecule has 1 aliphatic rings. The molecule has 0 aromatic rings. The van der Waals surface area contributed by atoms with E-state index < -0.39 is 6.03 Å². The van der Waals surface area contributed by atoms with Gasteiger partial charge in [0.25, 0.3) is 5.91 Å². The van der Waals surface area contributed by atoms with E-state index in [9.17, 15) is 9.59 Å². The Morgan fingerprint density at radius 3 is 2.38 bits per heavy atom. The van der Waals surface area contributed by atoms with Gasteiger partial charge in [-0.05, 0) is 0 Å². The Morgan fingerprint density at radius 2 is 1.85 bits per heavy atom. The summed E-state index contributed by atoms with van der Waals surface area (Å²) in [5, 5.41) is 0. The van der Waals surface area contributed by atoms with Crippen LogP contribution in [-0.4, -0.2) is 41.4 Å². The van der Waals surface area contributed by atoms with E-state index in [2.05, 4.69) is 11.8 Å². The van der Waals surface area contributed by atoms with Gasteiger partial charge in [0.2, 0.25) is 0 Å². The zero-order valence-electron chi connectivity index (χ0n) is 6.99. The van der Waals surface area contributed by atoms with E-state index in [1.165, 1.54) is 4.90 Å². The number of hydrogen-bond donors (Lipinski definition) is 0. The highest BCUT2D eigenvalue weighted by atomic mass is 16.2. The van der Waals surface area contributed by atoms with Crippen LogP contribution < -0.4 is 0 Å². The van der Waals surface area contributed by atoms with E-state index in [0.717, 1.165) is 4.90 Å². The highest BCUT2D eigenvalue weighted by Crippen LogP contribution is 2.08. The van der Waals surface area contributed by atoms with Gasteiger partial charge in [-0.25, -0.2) is 4.79 Å². The molecule has 1 aliphatic heterocycles. The van der Waals surface area contributed by atoms with Crippen LogP contribution in [0.1, 0.15) is 0 Å². The topological polar surface area (TPSA) is 40.6 Å². The number of terminal acetylenes is 2. The number of carbonyl (C=O) groups excluding carboxylic acids is 2. The maximum absolute atomic E-state index is 11.3. The van der Waals surface area contributed by atoms with Crippen LogP contribution in [0.4, 0.5) is 4.79 Å². The Morgan fingerprint density at radius 1 is 1.23 bits per heavy atom. The molecule has 0 aromatic carbocycles. The summed E-state index contributed by atoms with van der Waals surface area (Å²) in [5.74, 6) is 4.24. The highest BCUT2D eigenvalue weighted by Gasteiger charge is 2.34. The Balaban J connectivity index is 2.72. The lowest BCUT2D eigenvalue weighted by atomic mass is 10.5. The zero-order chi connectivity index (χ0) is 9.84. The van der Waals surface area contributed by atoms with Crippen molar-refractivity contribution in [1.82, 2.24) is 9.80 Å². The lowest BCUT2D eigenvalue weighted by molar-refractivity contribution is -0.124. The molecule has 0 saturated carbocycles. The van der Waals surface area contributed by atoms with Crippen molar-refractivity contribution in [2.45, 2.75) is 0 Å². The van der Waals surface area contributed by atoms with E-state index in [4.69, 9.17) is 12.8 Å². The molecule has 0 unspecified atom stereocenters. The zero-order valence-corrected chi connectivity index (χ0v) is 6.99. The molecular formula is C9H8N2O2. The van der Waals surface area contributed by atoms with Crippen molar-refractivity contribution in [3.63, 3.8) is 0 Å². The second-order valence-electron chi connectivity index (χ2n) is 2.53. The second-order valence-corrected chi connectivity index (χ2v) is 2.53. The van der Waals surface area contributed by atoms with E-state index in [1.807, 2.05) is 0 Å². The largest absolute Gasteiger partial charge is 0.328 e. The third kappa shape index (κ3) is 1.62. The smallest absolute Gasteiger partial charge is 0.304 e. The molecular weight excluding hydrogens is 168 g/mol. The minimum absolute atomic E-state index is 0.0126. The summed E-state index contributed by atoms with van der Waals surface area (Å²) in [6.45, 7) is 0.190. The van der Waals surface area contributed by atoms with Crippen molar-refractivity contribution in [3.8, 4) is 24.7 Å². The van der Waals surface area contributed by atoms with Crippen molar-refractivity contribution in [1.29, 1.82) is 0 Å². The van der Waals surface area contributed by atoms with Crippen molar-refractivity contribution >= 4 is 11.9 Å². The van der Waals surface area contributed by atoms with E-state index in [-0.39, 0.29) is 25.5 Å². The molecule has 1 saturated heterocycles. The predicted molar refractivity (Wildman–Crippen MR) is 46.3 cm³/mol. The first-order chi connectivity index (χ1) is 6.20. The van der Waals surface area contributed by atoms with Crippen LogP contribution in [0.15, 0.2) is 0 Å². The lowest BCUT2D eigenvalue weighted by Gasteiger charge is -2.11. The Bertz CT molecular complexity index is 321. The number of amides is 3. The monoisotopic (exact) mass is 176 g/mol. The SMILES string of the molecule is C#CCN1CC(=O)N(CC#C)C1=O. The normalized spacial score (nSPS) is 15.8. The summed E-state index contributed by atoms with van der Waals surface area (Å²) in [5.41, 5.74) is 0. The van der Waals surface area contributed by atoms with Gasteiger partial charge in [0.1, 0.15) is 6.54 Å². The molecule has 1 rings (SSSR count). The Hall–Kier alpha value is -1.94. The Labute approximate surface area is 76.5 Å². The van der Waals surface area contributed by atoms with Crippen LogP contribution in [-0.2, 0) is 4.79 Å². The molecule has 3 amide bonds. The van der Waals surface area contributed by atoms with Gasteiger partial charge in [0.15, 0.2) is 0 Å². The molecule has 0 N–H and O–H groups in total. The molecule has 66 valence electrons. The summed E-state index contributed by atoms with van der Waals surface area (Å²) in [6.07, 6.45) is 10.0. The van der Waals surface area contributed by atoms with E-state index in [0.29, 0.717) is 0 Å². The van der Waals surface area contributed by atoms with Gasteiger partial charge in [0.05, 0.1) is 13.1 Å². The second kappa shape index (κ2) is 3.64. The molecule has 0 radical (unpaired) electrons. The standard InChI is InChI=1S/C9H8N2O2/c1-3-5-10-7-8(12)11(6-4-2)9(10)13/h1-2H,5-7H2. The van der Waals surface area contributed by atoms with Gasteiger partial charge >= 0.3 is 6.03 Å². The molecule has 4 nitrogen and oxygen atoms in total. The highest BCUT2D eigenvalue weighted by molar-refractivity contribution is 6.02. The van der Waals surface area contributed by atoms with E-state index in [1.54, 1.807) is 0 Å². The van der Waals surface area contributed by atoms with Crippen LogP contribution in [0.25, 0.3) is 0 Å². The molecule has 1 heterocycles. The third-order valence-corrected chi connectivity index (χ3v) is 1.66. The van der Waals surface area contributed by atoms with Crippen LogP contribution in [0, 0.1) is 24.7 Å². The van der Waals surface area contributed by atoms with E-state index >= 15 is 0 Å². The fourth-order valence-corrected chi connectivity index (χ4v) is 1.07. The first-order valence-electron chi connectivity index (χ1n) is 3.67. The quantitative estimate of drug-likeness (QED) is 0.421. The molecule has 13 heavy (non-hydrogen) atoms. The van der Waals surface area contributed by atoms with Crippen molar-refractivity contribution < 1.29 is 9.59 Å². The number of carbonyl (C=O) groups is 2. The number of nitrogens with zero attached hydrogens (tertiary/aromatic N) is 2. The fraction of sp³-hybridized carbons (Fsp3) is 0.333. The number of hydrogen-bond acceptors (Lipinski definition) is 2. The van der Waals surface area contributed by atoms with Gasteiger partial charge in [0, 0.05) is 0 Å². The lowest BCUT2D eigenvalue weighted by Crippen LogP contribution is -2.33. The van der Waals surface area contributed by atoms with Crippen molar-refractivity contribution in [2.24, 2.45) is 0 Å².